The van der Waals surface area contributed by atoms with Crippen LogP contribution in [0.1, 0.15) is 26.2 Å². The minimum Gasteiger partial charge on any atom is -0.391 e. The maximum atomic E-state index is 3.19. The SMILES string of the molecule is CCCC1C=CNCC1. The predicted molar refractivity (Wildman–Crippen MR) is 40.2 cm³/mol. The minimum absolute atomic E-state index is 0.858. The summed E-state index contributed by atoms with van der Waals surface area (Å²) in [5.74, 6) is 0.858. The number of hydrogen-bond acceptors (Lipinski definition) is 1. The van der Waals surface area contributed by atoms with Gasteiger partial charge in [0.25, 0.3) is 0 Å². The van der Waals surface area contributed by atoms with Gasteiger partial charge in [-0.15, -0.1) is 0 Å². The predicted octanol–water partition coefficient (Wildman–Crippen LogP) is 1.91. The summed E-state index contributed by atoms with van der Waals surface area (Å²) in [7, 11) is 0. The standard InChI is InChI=1S/C8H15N/c1-2-3-8-4-6-9-7-5-8/h4,6,8-9H,2-3,5,7H2,1H3. The zero-order chi connectivity index (χ0) is 6.53. The summed E-state index contributed by atoms with van der Waals surface area (Å²) in [4.78, 5) is 0. The van der Waals surface area contributed by atoms with Crippen LogP contribution in [0.15, 0.2) is 12.3 Å². The molecule has 1 aliphatic heterocycles. The number of rotatable bonds is 2. The van der Waals surface area contributed by atoms with Gasteiger partial charge in [0.15, 0.2) is 0 Å². The van der Waals surface area contributed by atoms with Crippen molar-refractivity contribution in [3.63, 3.8) is 0 Å². The Bertz CT molecular complexity index is 96.7. The molecule has 9 heavy (non-hydrogen) atoms. The summed E-state index contributed by atoms with van der Waals surface area (Å²) in [6, 6.07) is 0. The minimum atomic E-state index is 0.858. The molecule has 1 aliphatic rings. The van der Waals surface area contributed by atoms with Crippen LogP contribution in [0.2, 0.25) is 0 Å². The fraction of sp³-hybridized carbons (Fsp3) is 0.750. The van der Waals surface area contributed by atoms with E-state index in [-0.39, 0.29) is 0 Å². The van der Waals surface area contributed by atoms with E-state index in [0.717, 1.165) is 5.92 Å². The maximum Gasteiger partial charge on any atom is 0.0146 e. The van der Waals surface area contributed by atoms with Crippen molar-refractivity contribution < 1.29 is 0 Å². The van der Waals surface area contributed by atoms with Gasteiger partial charge in [-0.3, -0.25) is 0 Å². The zero-order valence-electron chi connectivity index (χ0n) is 6.06. The van der Waals surface area contributed by atoms with Crippen LogP contribution in [0.3, 0.4) is 0 Å². The summed E-state index contributed by atoms with van der Waals surface area (Å²) < 4.78 is 0. The molecule has 0 spiro atoms. The van der Waals surface area contributed by atoms with Crippen LogP contribution >= 0.6 is 0 Å². The Morgan fingerprint density at radius 2 is 2.56 bits per heavy atom. The summed E-state index contributed by atoms with van der Waals surface area (Å²) in [6.45, 7) is 3.41. The van der Waals surface area contributed by atoms with Crippen molar-refractivity contribution in [3.05, 3.63) is 12.3 Å². The van der Waals surface area contributed by atoms with Gasteiger partial charge in [0.05, 0.1) is 0 Å². The first-order valence-electron chi connectivity index (χ1n) is 3.83. The van der Waals surface area contributed by atoms with E-state index in [2.05, 4.69) is 24.5 Å². The van der Waals surface area contributed by atoms with Gasteiger partial charge in [-0.1, -0.05) is 19.4 Å². The van der Waals surface area contributed by atoms with E-state index >= 15 is 0 Å². The van der Waals surface area contributed by atoms with E-state index in [0.29, 0.717) is 0 Å². The third-order valence-corrected chi connectivity index (χ3v) is 1.81. The Balaban J connectivity index is 2.23. The molecule has 0 aromatic rings. The van der Waals surface area contributed by atoms with E-state index in [1.807, 2.05) is 0 Å². The van der Waals surface area contributed by atoms with Crippen LogP contribution < -0.4 is 5.32 Å². The van der Waals surface area contributed by atoms with Crippen molar-refractivity contribution >= 4 is 0 Å². The monoisotopic (exact) mass is 125 g/mol. The topological polar surface area (TPSA) is 12.0 Å². The van der Waals surface area contributed by atoms with E-state index in [4.69, 9.17) is 0 Å². The Kier molecular flexibility index (Phi) is 2.62. The van der Waals surface area contributed by atoms with Gasteiger partial charge in [-0.05, 0) is 25.0 Å². The molecule has 1 rings (SSSR count). The Morgan fingerprint density at radius 3 is 3.11 bits per heavy atom. The maximum absolute atomic E-state index is 3.19. The van der Waals surface area contributed by atoms with E-state index in [1.54, 1.807) is 0 Å². The quantitative estimate of drug-likeness (QED) is 0.594. The fourth-order valence-electron chi connectivity index (χ4n) is 1.26. The van der Waals surface area contributed by atoms with Gasteiger partial charge in [-0.2, -0.15) is 0 Å². The van der Waals surface area contributed by atoms with Gasteiger partial charge in [-0.25, -0.2) is 0 Å². The molecule has 1 nitrogen and oxygen atoms in total. The average molecular weight is 125 g/mol. The summed E-state index contributed by atoms with van der Waals surface area (Å²) in [5.41, 5.74) is 0. The molecule has 0 bridgehead atoms. The van der Waals surface area contributed by atoms with Crippen LogP contribution in [-0.2, 0) is 0 Å². The molecule has 0 saturated carbocycles. The summed E-state index contributed by atoms with van der Waals surface area (Å²) in [6.07, 6.45) is 8.37. The summed E-state index contributed by atoms with van der Waals surface area (Å²) >= 11 is 0. The Labute approximate surface area is 57.1 Å². The molecule has 0 saturated heterocycles. The first-order chi connectivity index (χ1) is 4.43. The molecule has 0 aromatic carbocycles. The molecule has 0 fully saturated rings. The molecule has 1 heterocycles. The van der Waals surface area contributed by atoms with Crippen LogP contribution in [0, 0.1) is 5.92 Å². The van der Waals surface area contributed by atoms with Gasteiger partial charge in [0.2, 0.25) is 0 Å². The smallest absolute Gasteiger partial charge is 0.0146 e. The zero-order valence-corrected chi connectivity index (χ0v) is 6.06. The second-order valence-corrected chi connectivity index (χ2v) is 2.65. The van der Waals surface area contributed by atoms with Crippen molar-refractivity contribution in [1.29, 1.82) is 0 Å². The average Bonchev–Trinajstić information content (AvgIpc) is 1.91. The molecule has 1 N–H and O–H groups in total. The Morgan fingerprint density at radius 1 is 1.67 bits per heavy atom. The van der Waals surface area contributed by atoms with E-state index in [9.17, 15) is 0 Å². The lowest BCUT2D eigenvalue weighted by Gasteiger charge is -2.15. The van der Waals surface area contributed by atoms with Crippen molar-refractivity contribution in [3.8, 4) is 0 Å². The lowest BCUT2D eigenvalue weighted by molar-refractivity contribution is 0.505. The Hall–Kier alpha value is -0.460. The molecule has 52 valence electrons. The molecule has 1 unspecified atom stereocenters. The molecule has 1 atom stereocenters. The van der Waals surface area contributed by atoms with Crippen molar-refractivity contribution in [2.75, 3.05) is 6.54 Å². The molecule has 0 radical (unpaired) electrons. The highest BCUT2D eigenvalue weighted by atomic mass is 14.8. The largest absolute Gasteiger partial charge is 0.391 e. The molecule has 1 heteroatoms. The van der Waals surface area contributed by atoms with Crippen molar-refractivity contribution in [1.82, 2.24) is 5.32 Å². The van der Waals surface area contributed by atoms with Gasteiger partial charge >= 0.3 is 0 Å². The molecule has 0 amide bonds. The number of nitrogens with one attached hydrogen (secondary N) is 1. The van der Waals surface area contributed by atoms with Crippen molar-refractivity contribution in [2.24, 2.45) is 5.92 Å². The van der Waals surface area contributed by atoms with E-state index < -0.39 is 0 Å². The highest BCUT2D eigenvalue weighted by molar-refractivity contribution is 4.91. The highest BCUT2D eigenvalue weighted by Crippen LogP contribution is 2.13. The van der Waals surface area contributed by atoms with Crippen LogP contribution in [-0.4, -0.2) is 6.54 Å². The summed E-state index contributed by atoms with van der Waals surface area (Å²) in [5, 5.41) is 3.19. The molecule has 0 aromatic heterocycles. The first kappa shape index (κ1) is 6.66. The molecular formula is C8H15N. The second kappa shape index (κ2) is 3.54. The van der Waals surface area contributed by atoms with E-state index in [1.165, 1.54) is 25.8 Å². The number of allylic oxidation sites excluding steroid dienone is 1. The fourth-order valence-corrected chi connectivity index (χ4v) is 1.26. The lowest BCUT2D eigenvalue weighted by Crippen LogP contribution is -2.16. The number of hydrogen-bond donors (Lipinski definition) is 1. The van der Waals surface area contributed by atoms with Crippen molar-refractivity contribution in [2.45, 2.75) is 26.2 Å². The lowest BCUT2D eigenvalue weighted by atomic mass is 9.98. The van der Waals surface area contributed by atoms with Crippen LogP contribution in [0.5, 0.6) is 0 Å². The molecule has 0 aliphatic carbocycles. The normalized spacial score (nSPS) is 25.7. The highest BCUT2D eigenvalue weighted by Gasteiger charge is 2.04. The third kappa shape index (κ3) is 2.08. The van der Waals surface area contributed by atoms with Crippen LogP contribution in [0.4, 0.5) is 0 Å². The third-order valence-electron chi connectivity index (χ3n) is 1.81. The van der Waals surface area contributed by atoms with Crippen LogP contribution in [0.25, 0.3) is 0 Å². The second-order valence-electron chi connectivity index (χ2n) is 2.65. The van der Waals surface area contributed by atoms with Gasteiger partial charge in [0, 0.05) is 6.54 Å². The molecular weight excluding hydrogens is 110 g/mol. The first-order valence-corrected chi connectivity index (χ1v) is 3.83. The van der Waals surface area contributed by atoms with Gasteiger partial charge < -0.3 is 5.32 Å². The van der Waals surface area contributed by atoms with Gasteiger partial charge in [0.1, 0.15) is 0 Å².